The van der Waals surface area contributed by atoms with E-state index >= 15 is 0 Å². The van der Waals surface area contributed by atoms with Gasteiger partial charge in [-0.2, -0.15) is 0 Å². The first-order chi connectivity index (χ1) is 9.47. The molecule has 0 amide bonds. The number of hydrogen-bond donors (Lipinski definition) is 1. The number of thiazole rings is 1. The molecular weight excluding hydrogens is 292 g/mol. The van der Waals surface area contributed by atoms with E-state index in [1.807, 2.05) is 30.5 Å². The molecule has 0 aliphatic heterocycles. The number of rotatable bonds is 5. The standard InChI is InChI=1S/C15H19ClN2OS/c1-9(2)15-18-12(8-20-15)7-19-14-5-4-11(16)6-13(14)10(3)17/h4-6,8-10H,7,17H2,1-3H3/t10-/m1/s1. The van der Waals surface area contributed by atoms with E-state index in [1.54, 1.807) is 11.3 Å². The molecule has 0 saturated carbocycles. The molecule has 2 N–H and O–H groups in total. The molecule has 3 nitrogen and oxygen atoms in total. The van der Waals surface area contributed by atoms with Crippen molar-refractivity contribution in [1.82, 2.24) is 4.98 Å². The fraction of sp³-hybridized carbons (Fsp3) is 0.400. The zero-order chi connectivity index (χ0) is 14.7. The van der Waals surface area contributed by atoms with E-state index < -0.39 is 0 Å². The van der Waals surface area contributed by atoms with Crippen LogP contribution in [0.4, 0.5) is 0 Å². The summed E-state index contributed by atoms with van der Waals surface area (Å²) in [4.78, 5) is 4.55. The molecular formula is C15H19ClN2OS. The summed E-state index contributed by atoms with van der Waals surface area (Å²) < 4.78 is 5.84. The van der Waals surface area contributed by atoms with Crippen molar-refractivity contribution in [2.24, 2.45) is 5.73 Å². The van der Waals surface area contributed by atoms with Crippen molar-refractivity contribution in [3.05, 3.63) is 44.9 Å². The Hall–Kier alpha value is -1.10. The van der Waals surface area contributed by atoms with Gasteiger partial charge in [-0.05, 0) is 25.1 Å². The Morgan fingerprint density at radius 3 is 2.70 bits per heavy atom. The maximum Gasteiger partial charge on any atom is 0.131 e. The van der Waals surface area contributed by atoms with Gasteiger partial charge in [-0.15, -0.1) is 11.3 Å². The van der Waals surface area contributed by atoms with Gasteiger partial charge in [-0.3, -0.25) is 0 Å². The van der Waals surface area contributed by atoms with Gasteiger partial charge in [-0.1, -0.05) is 25.4 Å². The molecule has 108 valence electrons. The Balaban J connectivity index is 2.10. The lowest BCUT2D eigenvalue weighted by Crippen LogP contribution is -2.08. The summed E-state index contributed by atoms with van der Waals surface area (Å²) in [5.74, 6) is 1.22. The Morgan fingerprint density at radius 2 is 2.10 bits per heavy atom. The van der Waals surface area contributed by atoms with Gasteiger partial charge in [0, 0.05) is 27.9 Å². The topological polar surface area (TPSA) is 48.1 Å². The van der Waals surface area contributed by atoms with Crippen LogP contribution in [0.25, 0.3) is 0 Å². The lowest BCUT2D eigenvalue weighted by Gasteiger charge is -2.13. The molecule has 0 aliphatic rings. The van der Waals surface area contributed by atoms with Crippen molar-refractivity contribution in [3.63, 3.8) is 0 Å². The largest absolute Gasteiger partial charge is 0.487 e. The van der Waals surface area contributed by atoms with Crippen LogP contribution in [0.15, 0.2) is 23.6 Å². The second-order valence-corrected chi connectivity index (χ2v) is 6.42. The lowest BCUT2D eigenvalue weighted by molar-refractivity contribution is 0.297. The molecule has 5 heteroatoms. The number of ether oxygens (including phenoxy) is 1. The van der Waals surface area contributed by atoms with Crippen molar-refractivity contribution >= 4 is 22.9 Å². The van der Waals surface area contributed by atoms with Crippen LogP contribution in [0.1, 0.15) is 49.0 Å². The Kier molecular flexibility index (Phi) is 5.02. The molecule has 0 aliphatic carbocycles. The molecule has 0 saturated heterocycles. The summed E-state index contributed by atoms with van der Waals surface area (Å²) >= 11 is 7.66. The third-order valence-electron chi connectivity index (χ3n) is 2.90. The number of aromatic nitrogens is 1. The van der Waals surface area contributed by atoms with E-state index in [0.717, 1.165) is 22.0 Å². The summed E-state index contributed by atoms with van der Waals surface area (Å²) in [5.41, 5.74) is 7.81. The number of benzene rings is 1. The van der Waals surface area contributed by atoms with E-state index in [0.29, 0.717) is 17.5 Å². The van der Waals surface area contributed by atoms with Gasteiger partial charge in [0.05, 0.1) is 10.7 Å². The van der Waals surface area contributed by atoms with Crippen LogP contribution in [-0.4, -0.2) is 4.98 Å². The fourth-order valence-electron chi connectivity index (χ4n) is 1.81. The van der Waals surface area contributed by atoms with E-state index in [2.05, 4.69) is 18.8 Å². The van der Waals surface area contributed by atoms with Gasteiger partial charge in [0.1, 0.15) is 12.4 Å². The van der Waals surface area contributed by atoms with Crippen LogP contribution in [0.5, 0.6) is 5.75 Å². The maximum absolute atomic E-state index is 5.99. The first-order valence-electron chi connectivity index (χ1n) is 6.59. The average molecular weight is 311 g/mol. The molecule has 0 unspecified atom stereocenters. The second-order valence-electron chi connectivity index (χ2n) is 5.09. The molecule has 0 bridgehead atoms. The summed E-state index contributed by atoms with van der Waals surface area (Å²) in [6, 6.07) is 5.40. The normalized spacial score (nSPS) is 12.7. The summed E-state index contributed by atoms with van der Waals surface area (Å²) in [6.07, 6.45) is 0. The van der Waals surface area contributed by atoms with Crippen molar-refractivity contribution in [2.75, 3.05) is 0 Å². The van der Waals surface area contributed by atoms with E-state index in [4.69, 9.17) is 22.1 Å². The van der Waals surface area contributed by atoms with Crippen LogP contribution in [0.3, 0.4) is 0 Å². The number of halogens is 1. The number of nitrogens with two attached hydrogens (primary N) is 1. The van der Waals surface area contributed by atoms with Gasteiger partial charge >= 0.3 is 0 Å². The number of hydrogen-bond acceptors (Lipinski definition) is 4. The molecule has 0 fully saturated rings. The Bertz CT molecular complexity index is 581. The summed E-state index contributed by atoms with van der Waals surface area (Å²) in [7, 11) is 0. The first-order valence-corrected chi connectivity index (χ1v) is 7.85. The third kappa shape index (κ3) is 3.72. The van der Waals surface area contributed by atoms with Crippen LogP contribution in [0.2, 0.25) is 5.02 Å². The Labute approximate surface area is 128 Å². The van der Waals surface area contributed by atoms with Gasteiger partial charge in [0.15, 0.2) is 0 Å². The predicted molar refractivity (Wildman–Crippen MR) is 84.6 cm³/mol. The van der Waals surface area contributed by atoms with Crippen LogP contribution in [-0.2, 0) is 6.61 Å². The molecule has 1 heterocycles. The molecule has 1 atom stereocenters. The maximum atomic E-state index is 5.99. The highest BCUT2D eigenvalue weighted by atomic mass is 35.5. The van der Waals surface area contributed by atoms with Gasteiger partial charge in [0.25, 0.3) is 0 Å². The highest BCUT2D eigenvalue weighted by molar-refractivity contribution is 7.09. The molecule has 0 radical (unpaired) electrons. The minimum Gasteiger partial charge on any atom is -0.487 e. The Morgan fingerprint density at radius 1 is 1.35 bits per heavy atom. The molecule has 1 aromatic heterocycles. The predicted octanol–water partition coefficient (Wildman–Crippen LogP) is 4.52. The molecule has 2 aromatic rings. The minimum absolute atomic E-state index is 0.120. The van der Waals surface area contributed by atoms with Crippen molar-refractivity contribution in [2.45, 2.75) is 39.3 Å². The fourth-order valence-corrected chi connectivity index (χ4v) is 2.81. The van der Waals surface area contributed by atoms with E-state index in [1.165, 1.54) is 0 Å². The highest BCUT2D eigenvalue weighted by Gasteiger charge is 2.11. The van der Waals surface area contributed by atoms with Crippen LogP contribution < -0.4 is 10.5 Å². The minimum atomic E-state index is -0.120. The highest BCUT2D eigenvalue weighted by Crippen LogP contribution is 2.28. The summed E-state index contributed by atoms with van der Waals surface area (Å²) in [6.45, 7) is 6.64. The SMILES string of the molecule is CC(C)c1nc(COc2ccc(Cl)cc2[C@@H](C)N)cs1. The molecule has 1 aromatic carbocycles. The number of nitrogens with zero attached hydrogens (tertiary/aromatic N) is 1. The molecule has 2 rings (SSSR count). The van der Waals surface area contributed by atoms with Crippen LogP contribution in [0, 0.1) is 0 Å². The van der Waals surface area contributed by atoms with E-state index in [9.17, 15) is 0 Å². The van der Waals surface area contributed by atoms with Crippen molar-refractivity contribution in [3.8, 4) is 5.75 Å². The van der Waals surface area contributed by atoms with Gasteiger partial charge in [-0.25, -0.2) is 4.98 Å². The first kappa shape index (κ1) is 15.3. The zero-order valence-corrected chi connectivity index (χ0v) is 13.5. The van der Waals surface area contributed by atoms with E-state index in [-0.39, 0.29) is 6.04 Å². The third-order valence-corrected chi connectivity index (χ3v) is 4.33. The average Bonchev–Trinajstić information content (AvgIpc) is 2.86. The van der Waals surface area contributed by atoms with Crippen molar-refractivity contribution < 1.29 is 4.74 Å². The molecule has 0 spiro atoms. The zero-order valence-electron chi connectivity index (χ0n) is 11.9. The van der Waals surface area contributed by atoms with Gasteiger partial charge in [0.2, 0.25) is 0 Å². The lowest BCUT2D eigenvalue weighted by atomic mass is 10.1. The smallest absolute Gasteiger partial charge is 0.131 e. The van der Waals surface area contributed by atoms with Crippen molar-refractivity contribution in [1.29, 1.82) is 0 Å². The monoisotopic (exact) mass is 310 g/mol. The second kappa shape index (κ2) is 6.57. The quantitative estimate of drug-likeness (QED) is 0.883. The molecule has 20 heavy (non-hydrogen) atoms. The van der Waals surface area contributed by atoms with Crippen LogP contribution >= 0.6 is 22.9 Å². The van der Waals surface area contributed by atoms with Gasteiger partial charge < -0.3 is 10.5 Å². The summed E-state index contributed by atoms with van der Waals surface area (Å²) in [5, 5.41) is 3.84.